The lowest BCUT2D eigenvalue weighted by Crippen LogP contribution is -2.50. The number of hydrogen-bond acceptors (Lipinski definition) is 5. The lowest BCUT2D eigenvalue weighted by atomic mass is 9.92. The van der Waals surface area contributed by atoms with E-state index in [9.17, 15) is 9.59 Å². The summed E-state index contributed by atoms with van der Waals surface area (Å²) in [6, 6.07) is 21.9. The number of aryl methyl sites for hydroxylation is 1. The molecule has 200 valence electrons. The second-order valence-electron chi connectivity index (χ2n) is 10.4. The molecule has 3 aliphatic rings. The number of rotatable bonds is 6. The van der Waals surface area contributed by atoms with E-state index in [1.54, 1.807) is 11.8 Å². The van der Waals surface area contributed by atoms with Crippen molar-refractivity contribution in [2.24, 2.45) is 0 Å². The Morgan fingerprint density at radius 2 is 1.72 bits per heavy atom. The van der Waals surface area contributed by atoms with Crippen molar-refractivity contribution in [1.29, 1.82) is 0 Å². The highest BCUT2D eigenvalue weighted by Gasteiger charge is 2.40. The lowest BCUT2D eigenvalue weighted by Gasteiger charge is -2.44. The molecule has 0 bridgehead atoms. The van der Waals surface area contributed by atoms with Gasteiger partial charge >= 0.3 is 0 Å². The van der Waals surface area contributed by atoms with Crippen LogP contribution in [0.1, 0.15) is 58.3 Å². The van der Waals surface area contributed by atoms with E-state index in [-0.39, 0.29) is 24.6 Å². The molecule has 1 N–H and O–H groups in total. The van der Waals surface area contributed by atoms with Gasteiger partial charge in [-0.1, -0.05) is 60.9 Å². The highest BCUT2D eigenvalue weighted by atomic mass is 32.2. The first-order chi connectivity index (χ1) is 19.0. The maximum absolute atomic E-state index is 13.7. The maximum Gasteiger partial charge on any atom is 0.260 e. The third-order valence-electron chi connectivity index (χ3n) is 7.65. The van der Waals surface area contributed by atoms with Crippen LogP contribution in [0.5, 0.6) is 11.5 Å². The average Bonchev–Trinajstić information content (AvgIpc) is 3.43. The van der Waals surface area contributed by atoms with Crippen LogP contribution < -0.4 is 14.8 Å². The fourth-order valence-electron chi connectivity index (χ4n) is 5.47. The molecule has 3 aromatic carbocycles. The van der Waals surface area contributed by atoms with Gasteiger partial charge in [0.1, 0.15) is 0 Å². The Morgan fingerprint density at radius 1 is 0.974 bits per heavy atom. The monoisotopic (exact) mass is 540 g/mol. The molecular weight excluding hydrogens is 508 g/mol. The van der Waals surface area contributed by atoms with Crippen LogP contribution in [0.15, 0.2) is 71.6 Å². The number of ether oxygens (including phenoxy) is 2. The molecule has 2 fully saturated rings. The van der Waals surface area contributed by atoms with Crippen LogP contribution in [0.3, 0.4) is 0 Å². The molecule has 0 aromatic heterocycles. The predicted molar refractivity (Wildman–Crippen MR) is 154 cm³/mol. The molecule has 3 aromatic rings. The molecule has 39 heavy (non-hydrogen) atoms. The first-order valence-corrected chi connectivity index (χ1v) is 14.4. The lowest BCUT2D eigenvalue weighted by molar-refractivity contribution is -0.130. The summed E-state index contributed by atoms with van der Waals surface area (Å²) in [7, 11) is 0. The topological polar surface area (TPSA) is 67.9 Å². The number of hydrogen-bond donors (Lipinski definition) is 1. The molecule has 7 heteroatoms. The highest BCUT2D eigenvalue weighted by molar-refractivity contribution is 8.04. The number of fused-ring (bicyclic) bond motifs is 2. The van der Waals surface area contributed by atoms with E-state index in [1.807, 2.05) is 48.5 Å². The summed E-state index contributed by atoms with van der Waals surface area (Å²) in [5, 5.41) is 3.39. The van der Waals surface area contributed by atoms with E-state index < -0.39 is 0 Å². The average molecular weight is 541 g/mol. The zero-order valence-corrected chi connectivity index (χ0v) is 22.8. The fraction of sp³-hybridized carbons (Fsp3) is 0.312. The van der Waals surface area contributed by atoms with Crippen LogP contribution in [0.2, 0.25) is 0 Å². The zero-order chi connectivity index (χ0) is 26.8. The summed E-state index contributed by atoms with van der Waals surface area (Å²) in [6.45, 7) is 3.34. The molecule has 1 saturated heterocycles. The van der Waals surface area contributed by atoms with Crippen molar-refractivity contribution in [3.8, 4) is 11.5 Å². The smallest absolute Gasteiger partial charge is 0.260 e. The van der Waals surface area contributed by atoms with E-state index in [1.165, 1.54) is 24.0 Å². The molecule has 2 atom stereocenters. The molecule has 6 nitrogen and oxygen atoms in total. The normalized spacial score (nSPS) is 21.1. The number of thioether (sulfide) groups is 1. The number of nitrogens with zero attached hydrogens (tertiary/aromatic N) is 1. The van der Waals surface area contributed by atoms with Gasteiger partial charge in [-0.25, -0.2) is 0 Å². The van der Waals surface area contributed by atoms with E-state index in [0.717, 1.165) is 34.6 Å². The van der Waals surface area contributed by atoms with Gasteiger partial charge < -0.3 is 19.7 Å². The largest absolute Gasteiger partial charge is 0.454 e. The van der Waals surface area contributed by atoms with Gasteiger partial charge in [0.2, 0.25) is 6.79 Å². The standard InChI is InChI=1S/C32H32N2O4S/c1-21-6-8-23(9-7-21)19-34-26-4-2-3-5-29(26)39-30(32(34)36)17-22-10-13-25(14-11-22)31(35)33-18-24-12-15-27-28(16-24)38-20-37-27/h6-17,26,29H,2-5,18-20H2,1H3,(H,33,35)/b30-17+. The Bertz CT molecular complexity index is 1400. The number of benzene rings is 3. The SMILES string of the molecule is Cc1ccc(CN2C(=O)/C(=C\c3ccc(C(=O)NCc4ccc5c(c4)OCO5)cc3)SC3CCCCC32)cc1. The van der Waals surface area contributed by atoms with E-state index >= 15 is 0 Å². The van der Waals surface area contributed by atoms with Crippen LogP contribution in [0.25, 0.3) is 6.08 Å². The summed E-state index contributed by atoms with van der Waals surface area (Å²) in [5.74, 6) is 1.38. The van der Waals surface area contributed by atoms with Gasteiger partial charge in [0.15, 0.2) is 11.5 Å². The molecule has 0 radical (unpaired) electrons. The third-order valence-corrected chi connectivity index (χ3v) is 9.05. The van der Waals surface area contributed by atoms with Crippen molar-refractivity contribution >= 4 is 29.7 Å². The van der Waals surface area contributed by atoms with Crippen molar-refractivity contribution in [2.45, 2.75) is 57.0 Å². The van der Waals surface area contributed by atoms with Gasteiger partial charge in [-0.05, 0) is 66.8 Å². The predicted octanol–water partition coefficient (Wildman–Crippen LogP) is 6.08. The van der Waals surface area contributed by atoms with Crippen LogP contribution in [-0.4, -0.2) is 34.8 Å². The van der Waals surface area contributed by atoms with Gasteiger partial charge in [-0.15, -0.1) is 11.8 Å². The molecule has 2 heterocycles. The van der Waals surface area contributed by atoms with Crippen LogP contribution in [0.4, 0.5) is 0 Å². The second-order valence-corrected chi connectivity index (χ2v) is 11.7. The summed E-state index contributed by atoms with van der Waals surface area (Å²) < 4.78 is 10.8. The minimum atomic E-state index is -0.149. The van der Waals surface area contributed by atoms with Crippen LogP contribution in [0, 0.1) is 6.92 Å². The van der Waals surface area contributed by atoms with Gasteiger partial charge in [0.25, 0.3) is 11.8 Å². The van der Waals surface area contributed by atoms with Crippen molar-refractivity contribution in [2.75, 3.05) is 6.79 Å². The molecular formula is C32H32N2O4S. The Morgan fingerprint density at radius 3 is 2.54 bits per heavy atom. The van der Waals surface area contributed by atoms with Gasteiger partial charge in [-0.3, -0.25) is 9.59 Å². The summed E-state index contributed by atoms with van der Waals surface area (Å²) in [5.41, 5.74) is 4.83. The maximum atomic E-state index is 13.7. The van der Waals surface area contributed by atoms with Crippen molar-refractivity contribution < 1.29 is 19.1 Å². The van der Waals surface area contributed by atoms with E-state index in [2.05, 4.69) is 41.4 Å². The summed E-state index contributed by atoms with van der Waals surface area (Å²) in [6.07, 6.45) is 6.57. The zero-order valence-electron chi connectivity index (χ0n) is 22.0. The number of carbonyl (C=O) groups excluding carboxylic acids is 2. The second kappa shape index (κ2) is 11.2. The third kappa shape index (κ3) is 5.69. The first-order valence-electron chi connectivity index (χ1n) is 13.6. The van der Waals surface area contributed by atoms with Crippen molar-refractivity contribution in [1.82, 2.24) is 10.2 Å². The number of nitrogens with one attached hydrogen (secondary N) is 1. The molecule has 1 aliphatic carbocycles. The minimum absolute atomic E-state index is 0.106. The van der Waals surface area contributed by atoms with Crippen LogP contribution >= 0.6 is 11.8 Å². The molecule has 2 amide bonds. The Balaban J connectivity index is 1.14. The van der Waals surface area contributed by atoms with Gasteiger partial charge in [-0.2, -0.15) is 0 Å². The first kappa shape index (κ1) is 25.6. The molecule has 2 aliphatic heterocycles. The van der Waals surface area contributed by atoms with Gasteiger partial charge in [0.05, 0.1) is 4.91 Å². The minimum Gasteiger partial charge on any atom is -0.454 e. The molecule has 2 unspecified atom stereocenters. The number of carbonyl (C=O) groups is 2. The van der Waals surface area contributed by atoms with Gasteiger partial charge in [0, 0.05) is 29.9 Å². The van der Waals surface area contributed by atoms with Crippen LogP contribution in [-0.2, 0) is 17.9 Å². The Labute approximate surface area is 233 Å². The Kier molecular flexibility index (Phi) is 7.33. The molecule has 6 rings (SSSR count). The quantitative estimate of drug-likeness (QED) is 0.384. The van der Waals surface area contributed by atoms with Crippen molar-refractivity contribution in [3.63, 3.8) is 0 Å². The fourth-order valence-corrected chi connectivity index (χ4v) is 6.94. The van der Waals surface area contributed by atoms with Crippen molar-refractivity contribution in [3.05, 3.63) is 99.5 Å². The molecule has 0 spiro atoms. The van der Waals surface area contributed by atoms with E-state index in [0.29, 0.717) is 29.7 Å². The summed E-state index contributed by atoms with van der Waals surface area (Å²) in [4.78, 5) is 29.3. The number of amides is 2. The summed E-state index contributed by atoms with van der Waals surface area (Å²) >= 11 is 1.73. The molecule has 1 saturated carbocycles. The highest BCUT2D eigenvalue weighted by Crippen LogP contribution is 2.42. The van der Waals surface area contributed by atoms with E-state index in [4.69, 9.17) is 9.47 Å². The Hall–Kier alpha value is -3.71.